The van der Waals surface area contributed by atoms with Crippen molar-refractivity contribution in [2.75, 3.05) is 6.61 Å². The van der Waals surface area contributed by atoms with Gasteiger partial charge in [0, 0.05) is 0 Å². The van der Waals surface area contributed by atoms with E-state index in [0.29, 0.717) is 6.61 Å². The van der Waals surface area contributed by atoms with E-state index in [1.165, 1.54) is 63.0 Å². The van der Waals surface area contributed by atoms with Crippen molar-refractivity contribution < 1.29 is 9.47 Å². The summed E-state index contributed by atoms with van der Waals surface area (Å²) in [5.41, 5.74) is 2.49. The predicted octanol–water partition coefficient (Wildman–Crippen LogP) is 7.40. The molecule has 2 atom stereocenters. The Morgan fingerprint density at radius 3 is 1.90 bits per heavy atom. The molecule has 2 aliphatic heterocycles. The molecule has 0 radical (unpaired) electrons. The molecular formula is C26H43NO2Sn. The van der Waals surface area contributed by atoms with Crippen molar-refractivity contribution in [2.24, 2.45) is 4.99 Å². The van der Waals surface area contributed by atoms with Gasteiger partial charge < -0.3 is 0 Å². The minimum atomic E-state index is -2.83. The molecule has 0 spiro atoms. The van der Waals surface area contributed by atoms with Gasteiger partial charge in [0.2, 0.25) is 0 Å². The molecule has 0 amide bonds. The Morgan fingerprint density at radius 1 is 0.933 bits per heavy atom. The Kier molecular flexibility index (Phi) is 7.98. The van der Waals surface area contributed by atoms with Crippen LogP contribution in [-0.2, 0) is 9.47 Å². The molecule has 2 heterocycles. The summed E-state index contributed by atoms with van der Waals surface area (Å²) in [5, 5.41) is 0. The second-order valence-electron chi connectivity index (χ2n) is 10.3. The molecule has 3 nitrogen and oxygen atoms in total. The zero-order valence-corrected chi connectivity index (χ0v) is 23.1. The number of ether oxygens (including phenoxy) is 2. The first-order chi connectivity index (χ1) is 14.3. The van der Waals surface area contributed by atoms with Crippen molar-refractivity contribution in [1.29, 1.82) is 0 Å². The summed E-state index contributed by atoms with van der Waals surface area (Å²) in [4.78, 5) is 5.16. The first-order valence-electron chi connectivity index (χ1n) is 12.3. The molecule has 4 heteroatoms. The third kappa shape index (κ3) is 4.77. The van der Waals surface area contributed by atoms with Crippen LogP contribution in [0.15, 0.2) is 29.3 Å². The summed E-state index contributed by atoms with van der Waals surface area (Å²) >= 11 is -2.83. The predicted molar refractivity (Wildman–Crippen MR) is 130 cm³/mol. The SMILES string of the molecule is CCC[CH2][Sn]([CH2]CCC)([CH2]CCC)[C@]1(C2=NC(C)(C)CO2)O[C@@H]1c1ccc(C)cc1. The number of rotatable bonds is 12. The van der Waals surface area contributed by atoms with Gasteiger partial charge in [-0.3, -0.25) is 0 Å². The maximum absolute atomic E-state index is 6.90. The van der Waals surface area contributed by atoms with Crippen molar-refractivity contribution in [2.45, 2.75) is 109 Å². The van der Waals surface area contributed by atoms with Gasteiger partial charge in [-0.05, 0) is 0 Å². The van der Waals surface area contributed by atoms with Gasteiger partial charge in [-0.1, -0.05) is 0 Å². The zero-order valence-electron chi connectivity index (χ0n) is 20.2. The van der Waals surface area contributed by atoms with E-state index in [9.17, 15) is 0 Å². The average Bonchev–Trinajstić information content (AvgIpc) is 3.38. The van der Waals surface area contributed by atoms with Gasteiger partial charge in [0.1, 0.15) is 0 Å². The molecule has 0 saturated carbocycles. The van der Waals surface area contributed by atoms with Crippen LogP contribution in [0.1, 0.15) is 90.4 Å². The van der Waals surface area contributed by atoms with Crippen LogP contribution >= 0.6 is 0 Å². The Bertz CT molecular complexity index is 705. The van der Waals surface area contributed by atoms with E-state index in [0.717, 1.165) is 5.90 Å². The van der Waals surface area contributed by atoms with E-state index in [2.05, 4.69) is 65.8 Å². The molecule has 1 aromatic carbocycles. The molecule has 168 valence electrons. The average molecular weight is 520 g/mol. The number of hydrogen-bond acceptors (Lipinski definition) is 3. The normalized spacial score (nSPS) is 25.1. The summed E-state index contributed by atoms with van der Waals surface area (Å²) in [7, 11) is 0. The molecule has 0 bridgehead atoms. The Balaban J connectivity index is 2.08. The second kappa shape index (κ2) is 9.93. The van der Waals surface area contributed by atoms with Gasteiger partial charge >= 0.3 is 189 Å². The van der Waals surface area contributed by atoms with Crippen molar-refractivity contribution in [1.82, 2.24) is 0 Å². The van der Waals surface area contributed by atoms with Gasteiger partial charge in [-0.25, -0.2) is 0 Å². The summed E-state index contributed by atoms with van der Waals surface area (Å²) in [6.45, 7) is 14.2. The molecule has 30 heavy (non-hydrogen) atoms. The molecule has 1 aromatic rings. The van der Waals surface area contributed by atoms with E-state index in [1.54, 1.807) is 0 Å². The van der Waals surface area contributed by atoms with Crippen LogP contribution in [0.25, 0.3) is 0 Å². The Hall–Kier alpha value is -0.551. The number of epoxide rings is 1. The van der Waals surface area contributed by atoms with Crippen LogP contribution in [0.5, 0.6) is 0 Å². The van der Waals surface area contributed by atoms with Crippen LogP contribution < -0.4 is 0 Å². The van der Waals surface area contributed by atoms with E-state index >= 15 is 0 Å². The number of aliphatic imine (C=N–C) groups is 1. The van der Waals surface area contributed by atoms with Crippen LogP contribution in [0.2, 0.25) is 13.3 Å². The molecule has 0 aromatic heterocycles. The third-order valence-electron chi connectivity index (χ3n) is 7.09. The monoisotopic (exact) mass is 521 g/mol. The fraction of sp³-hybridized carbons (Fsp3) is 0.731. The fourth-order valence-corrected chi connectivity index (χ4v) is 24.2. The maximum atomic E-state index is 6.90. The van der Waals surface area contributed by atoms with Crippen LogP contribution in [0, 0.1) is 6.92 Å². The molecular weight excluding hydrogens is 477 g/mol. The number of aryl methyl sites for hydroxylation is 1. The number of unbranched alkanes of at least 4 members (excludes halogenated alkanes) is 3. The summed E-state index contributed by atoms with van der Waals surface area (Å²) < 4.78 is 17.3. The topological polar surface area (TPSA) is 34.1 Å². The van der Waals surface area contributed by atoms with E-state index < -0.39 is 18.4 Å². The molecule has 1 fully saturated rings. The van der Waals surface area contributed by atoms with Crippen LogP contribution in [0.3, 0.4) is 0 Å². The second-order valence-corrected chi connectivity index (χ2v) is 24.0. The van der Waals surface area contributed by atoms with Crippen molar-refractivity contribution in [3.63, 3.8) is 0 Å². The van der Waals surface area contributed by atoms with E-state index in [-0.39, 0.29) is 15.3 Å². The van der Waals surface area contributed by atoms with Crippen LogP contribution in [-0.4, -0.2) is 40.0 Å². The quantitative estimate of drug-likeness (QED) is 0.213. The van der Waals surface area contributed by atoms with Gasteiger partial charge in [-0.15, -0.1) is 0 Å². The molecule has 0 N–H and O–H groups in total. The van der Waals surface area contributed by atoms with Gasteiger partial charge in [0.05, 0.1) is 0 Å². The van der Waals surface area contributed by atoms with Gasteiger partial charge in [0.15, 0.2) is 0 Å². The van der Waals surface area contributed by atoms with Crippen molar-refractivity contribution in [3.05, 3.63) is 35.4 Å². The molecule has 2 aliphatic rings. The standard InChI is InChI=1S/C14H16NO2.3C4H9.Sn/c1-9-4-6-10(7-5-9)11-12(17-11)13-15-14(2,3)8-16-13;3*1-3-4-2;/h4-7,11H,8H2,1-3H3;3*1,3-4H2,2H3;/t11-;;;;/m1..../s1. The number of hydrogen-bond donors (Lipinski definition) is 0. The fourth-order valence-electron chi connectivity index (χ4n) is 5.24. The molecule has 0 unspecified atom stereocenters. The first-order valence-corrected chi connectivity index (χ1v) is 19.8. The minimum absolute atomic E-state index is 0.135. The molecule has 1 saturated heterocycles. The van der Waals surface area contributed by atoms with Gasteiger partial charge in [-0.2, -0.15) is 0 Å². The summed E-state index contributed by atoms with van der Waals surface area (Å²) in [5.74, 6) is 0.970. The number of nitrogens with zero attached hydrogens (tertiary/aromatic N) is 1. The third-order valence-corrected chi connectivity index (χ3v) is 24.5. The zero-order chi connectivity index (χ0) is 21.8. The van der Waals surface area contributed by atoms with Crippen molar-refractivity contribution in [3.8, 4) is 0 Å². The molecule has 3 rings (SSSR count). The van der Waals surface area contributed by atoms with E-state index in [4.69, 9.17) is 14.5 Å². The van der Waals surface area contributed by atoms with Crippen molar-refractivity contribution >= 4 is 24.3 Å². The Labute approximate surface area is 188 Å². The van der Waals surface area contributed by atoms with E-state index in [1.807, 2.05) is 0 Å². The van der Waals surface area contributed by atoms with Gasteiger partial charge in [0.25, 0.3) is 0 Å². The first kappa shape index (κ1) is 24.1. The Morgan fingerprint density at radius 2 is 1.47 bits per heavy atom. The summed E-state index contributed by atoms with van der Waals surface area (Å²) in [6.07, 6.45) is 7.92. The summed E-state index contributed by atoms with van der Waals surface area (Å²) in [6, 6.07) is 9.01. The number of benzene rings is 1. The molecule has 0 aliphatic carbocycles. The van der Waals surface area contributed by atoms with Crippen LogP contribution in [0.4, 0.5) is 0 Å².